The van der Waals surface area contributed by atoms with Crippen LogP contribution < -0.4 is 10.2 Å². The second-order valence-corrected chi connectivity index (χ2v) is 8.60. The first-order chi connectivity index (χ1) is 15.5. The maximum absolute atomic E-state index is 14.4. The molecule has 0 aliphatic carbocycles. The van der Waals surface area contributed by atoms with Gasteiger partial charge in [-0.25, -0.2) is 8.60 Å². The van der Waals surface area contributed by atoms with Crippen LogP contribution in [0.1, 0.15) is 26.3 Å². The SMILES string of the molecule is COCCNC(=O)c1ccc2c(c1)N(Cc1ccccc1F)C(=O)c1ccccc1[S@@]2=O. The molecule has 2 amide bonds. The molecule has 1 atom stereocenters. The van der Waals surface area contributed by atoms with Crippen molar-refractivity contribution >= 4 is 28.3 Å². The van der Waals surface area contributed by atoms with Crippen LogP contribution in [0.25, 0.3) is 0 Å². The molecule has 3 aromatic carbocycles. The zero-order chi connectivity index (χ0) is 22.7. The van der Waals surface area contributed by atoms with Crippen molar-refractivity contribution in [1.82, 2.24) is 5.32 Å². The molecule has 0 bridgehead atoms. The van der Waals surface area contributed by atoms with Crippen molar-refractivity contribution in [3.63, 3.8) is 0 Å². The molecular weight excluding hydrogens is 431 g/mol. The molecule has 0 saturated heterocycles. The van der Waals surface area contributed by atoms with E-state index in [0.717, 1.165) is 0 Å². The minimum atomic E-state index is -1.65. The third-order valence-corrected chi connectivity index (χ3v) is 6.65. The molecule has 32 heavy (non-hydrogen) atoms. The number of hydrogen-bond acceptors (Lipinski definition) is 4. The number of ether oxygens (including phenoxy) is 1. The topological polar surface area (TPSA) is 75.7 Å². The zero-order valence-electron chi connectivity index (χ0n) is 17.3. The molecular formula is C24H21FN2O4S. The van der Waals surface area contributed by atoms with Crippen molar-refractivity contribution in [3.8, 4) is 0 Å². The second-order valence-electron chi connectivity index (χ2n) is 7.18. The lowest BCUT2D eigenvalue weighted by atomic mass is 10.1. The van der Waals surface area contributed by atoms with Crippen LogP contribution in [-0.2, 0) is 22.1 Å². The molecule has 1 aliphatic rings. The Morgan fingerprint density at radius 3 is 2.59 bits per heavy atom. The number of nitrogens with zero attached hydrogens (tertiary/aromatic N) is 1. The molecule has 0 fully saturated rings. The number of halogens is 1. The van der Waals surface area contributed by atoms with Crippen molar-refractivity contribution in [3.05, 3.63) is 89.2 Å². The lowest BCUT2D eigenvalue weighted by Crippen LogP contribution is -2.31. The van der Waals surface area contributed by atoms with Gasteiger partial charge in [0.15, 0.2) is 0 Å². The number of methoxy groups -OCH3 is 1. The Morgan fingerprint density at radius 1 is 1.06 bits per heavy atom. The highest BCUT2D eigenvalue weighted by Crippen LogP contribution is 2.36. The summed E-state index contributed by atoms with van der Waals surface area (Å²) in [5, 5.41) is 2.73. The van der Waals surface area contributed by atoms with Crippen molar-refractivity contribution in [1.29, 1.82) is 0 Å². The summed E-state index contributed by atoms with van der Waals surface area (Å²) in [6.45, 7) is 0.606. The second kappa shape index (κ2) is 9.42. The fraction of sp³-hybridized carbons (Fsp3) is 0.167. The number of amides is 2. The highest BCUT2D eigenvalue weighted by atomic mass is 32.2. The van der Waals surface area contributed by atoms with Crippen LogP contribution in [0.2, 0.25) is 0 Å². The Labute approximate surface area is 187 Å². The Balaban J connectivity index is 1.82. The summed E-state index contributed by atoms with van der Waals surface area (Å²) in [4.78, 5) is 28.2. The summed E-state index contributed by atoms with van der Waals surface area (Å²) in [6, 6.07) is 17.5. The van der Waals surface area contributed by atoms with Crippen LogP contribution in [-0.4, -0.2) is 36.3 Å². The van der Waals surface area contributed by atoms with Crippen LogP contribution in [0.5, 0.6) is 0 Å². The molecule has 4 rings (SSSR count). The van der Waals surface area contributed by atoms with E-state index in [1.807, 2.05) is 0 Å². The molecule has 0 aromatic heterocycles. The predicted molar refractivity (Wildman–Crippen MR) is 119 cm³/mol. The summed E-state index contributed by atoms with van der Waals surface area (Å²) in [7, 11) is -0.113. The van der Waals surface area contributed by atoms with Crippen molar-refractivity contribution in [2.75, 3.05) is 25.2 Å². The van der Waals surface area contributed by atoms with E-state index in [4.69, 9.17) is 4.74 Å². The minimum Gasteiger partial charge on any atom is -0.383 e. The molecule has 0 spiro atoms. The fourth-order valence-electron chi connectivity index (χ4n) is 3.53. The quantitative estimate of drug-likeness (QED) is 0.581. The zero-order valence-corrected chi connectivity index (χ0v) is 18.2. The third kappa shape index (κ3) is 4.19. The van der Waals surface area contributed by atoms with Crippen molar-refractivity contribution < 1.29 is 22.9 Å². The number of rotatable bonds is 6. The molecule has 8 heteroatoms. The van der Waals surface area contributed by atoms with Crippen LogP contribution in [0.15, 0.2) is 76.5 Å². The van der Waals surface area contributed by atoms with Gasteiger partial charge in [0.25, 0.3) is 11.8 Å². The molecule has 164 valence electrons. The van der Waals surface area contributed by atoms with Crippen LogP contribution in [0.4, 0.5) is 10.1 Å². The van der Waals surface area contributed by atoms with Crippen LogP contribution in [0, 0.1) is 5.82 Å². The van der Waals surface area contributed by atoms with Gasteiger partial charge in [-0.1, -0.05) is 30.3 Å². The smallest absolute Gasteiger partial charge is 0.259 e. The minimum absolute atomic E-state index is 0.0706. The van der Waals surface area contributed by atoms with E-state index in [9.17, 15) is 18.2 Å². The maximum atomic E-state index is 14.4. The van der Waals surface area contributed by atoms with Crippen molar-refractivity contribution in [2.45, 2.75) is 16.3 Å². The highest BCUT2D eigenvalue weighted by molar-refractivity contribution is 7.85. The van der Waals surface area contributed by atoms with E-state index in [1.165, 1.54) is 24.1 Å². The standard InChI is InChI=1S/C24H21FN2O4S/c1-31-13-12-26-23(28)16-10-11-22-20(14-16)27(15-17-6-2-4-8-19(17)25)24(29)18-7-3-5-9-21(18)32(22)30/h2-11,14H,12-13,15H2,1H3,(H,26,28)/t32-/m0/s1. The van der Waals surface area contributed by atoms with Gasteiger partial charge in [0.2, 0.25) is 0 Å². The van der Waals surface area contributed by atoms with Gasteiger partial charge in [0.05, 0.1) is 45.0 Å². The molecule has 3 aromatic rings. The fourth-order valence-corrected chi connectivity index (χ4v) is 4.87. The van der Waals surface area contributed by atoms with Gasteiger partial charge in [-0.15, -0.1) is 0 Å². The van der Waals surface area contributed by atoms with E-state index in [0.29, 0.717) is 39.8 Å². The number of fused-ring (bicyclic) bond motifs is 2. The largest absolute Gasteiger partial charge is 0.383 e. The first kappa shape index (κ1) is 21.9. The summed E-state index contributed by atoms with van der Waals surface area (Å²) in [6.07, 6.45) is 0. The van der Waals surface area contributed by atoms with E-state index in [2.05, 4.69) is 5.32 Å². The van der Waals surface area contributed by atoms with E-state index >= 15 is 0 Å². The van der Waals surface area contributed by atoms with Gasteiger partial charge < -0.3 is 15.0 Å². The number of benzene rings is 3. The summed E-state index contributed by atoms with van der Waals surface area (Å²) in [5.74, 6) is -1.21. The van der Waals surface area contributed by atoms with Gasteiger partial charge in [0, 0.05) is 24.8 Å². The average molecular weight is 453 g/mol. The molecule has 1 heterocycles. The van der Waals surface area contributed by atoms with Crippen LogP contribution >= 0.6 is 0 Å². The molecule has 0 radical (unpaired) electrons. The Morgan fingerprint density at radius 2 is 1.81 bits per heavy atom. The average Bonchev–Trinajstić information content (AvgIpc) is 2.90. The highest BCUT2D eigenvalue weighted by Gasteiger charge is 2.32. The summed E-state index contributed by atoms with van der Waals surface area (Å²) in [5.41, 5.74) is 1.21. The molecule has 6 nitrogen and oxygen atoms in total. The Kier molecular flexibility index (Phi) is 6.43. The molecule has 1 N–H and O–H groups in total. The van der Waals surface area contributed by atoms with E-state index < -0.39 is 22.5 Å². The number of carbonyl (C=O) groups excluding carboxylic acids is 2. The first-order valence-corrected chi connectivity index (χ1v) is 11.1. The Hall–Kier alpha value is -3.36. The first-order valence-electron chi connectivity index (χ1n) is 9.98. The number of carbonyl (C=O) groups is 2. The number of hydrogen-bond donors (Lipinski definition) is 1. The summed E-state index contributed by atoms with van der Waals surface area (Å²) >= 11 is 0. The maximum Gasteiger partial charge on any atom is 0.259 e. The normalized spacial score (nSPS) is 15.0. The molecule has 1 aliphatic heterocycles. The van der Waals surface area contributed by atoms with Crippen molar-refractivity contribution in [2.24, 2.45) is 0 Å². The van der Waals surface area contributed by atoms with Gasteiger partial charge >= 0.3 is 0 Å². The molecule has 0 saturated carbocycles. The lowest BCUT2D eigenvalue weighted by Gasteiger charge is -2.24. The third-order valence-electron chi connectivity index (χ3n) is 5.15. The van der Waals surface area contributed by atoms with Gasteiger partial charge in [-0.2, -0.15) is 0 Å². The van der Waals surface area contributed by atoms with Gasteiger partial charge in [-0.05, 0) is 36.4 Å². The van der Waals surface area contributed by atoms with Gasteiger partial charge in [-0.3, -0.25) is 9.59 Å². The monoisotopic (exact) mass is 452 g/mol. The molecule has 0 unspecified atom stereocenters. The summed E-state index contributed by atoms with van der Waals surface area (Å²) < 4.78 is 32.8. The predicted octanol–water partition coefficient (Wildman–Crippen LogP) is 3.53. The lowest BCUT2D eigenvalue weighted by molar-refractivity contribution is 0.0934. The number of anilines is 1. The van der Waals surface area contributed by atoms with E-state index in [1.54, 1.807) is 54.6 Å². The van der Waals surface area contributed by atoms with Gasteiger partial charge in [0.1, 0.15) is 5.82 Å². The Bertz CT molecular complexity index is 1210. The van der Waals surface area contributed by atoms with E-state index in [-0.39, 0.29) is 18.0 Å². The van der Waals surface area contributed by atoms with Crippen LogP contribution in [0.3, 0.4) is 0 Å². The number of nitrogens with one attached hydrogen (secondary N) is 1.